The topological polar surface area (TPSA) is 43.1 Å². The largest absolute Gasteiger partial charge is 0.286 e. The van der Waals surface area contributed by atoms with E-state index in [4.69, 9.17) is 5.10 Å². The monoisotopic (exact) mass is 306 g/mol. The summed E-state index contributed by atoms with van der Waals surface area (Å²) in [5.74, 6) is -0.249. The predicted octanol–water partition coefficient (Wildman–Crippen LogP) is 3.57. The van der Waals surface area contributed by atoms with Crippen LogP contribution < -0.4 is 0 Å². The lowest BCUT2D eigenvalue weighted by molar-refractivity contribution is 0.608. The Morgan fingerprint density at radius 1 is 1.00 bits per heavy atom. The van der Waals surface area contributed by atoms with Crippen molar-refractivity contribution in [3.05, 3.63) is 60.3 Å². The van der Waals surface area contributed by atoms with Gasteiger partial charge in [0.25, 0.3) is 0 Å². The van der Waals surface area contributed by atoms with Crippen LogP contribution in [-0.2, 0) is 6.54 Å². The molecular weight excluding hydrogens is 291 g/mol. The fourth-order valence-electron chi connectivity index (χ4n) is 2.98. The first-order chi connectivity index (χ1) is 11.2. The Labute approximate surface area is 133 Å². The highest BCUT2D eigenvalue weighted by atomic mass is 19.1. The van der Waals surface area contributed by atoms with E-state index < -0.39 is 0 Å². The highest BCUT2D eigenvalue weighted by molar-refractivity contribution is 6.06. The third-order valence-electron chi connectivity index (χ3n) is 4.04. The van der Waals surface area contributed by atoms with Gasteiger partial charge in [-0.15, -0.1) is 0 Å². The van der Waals surface area contributed by atoms with Crippen LogP contribution in [0, 0.1) is 5.82 Å². The molecule has 4 rings (SSSR count). The molecule has 4 nitrogen and oxygen atoms in total. The van der Waals surface area contributed by atoms with E-state index in [1.807, 2.05) is 23.7 Å². The number of halogens is 1. The van der Waals surface area contributed by atoms with Gasteiger partial charge >= 0.3 is 0 Å². The Morgan fingerprint density at radius 2 is 1.74 bits per heavy atom. The van der Waals surface area contributed by atoms with Crippen molar-refractivity contribution in [3.8, 4) is 22.4 Å². The van der Waals surface area contributed by atoms with Gasteiger partial charge in [-0.3, -0.25) is 14.7 Å². The van der Waals surface area contributed by atoms with Crippen LogP contribution >= 0.6 is 0 Å². The summed E-state index contributed by atoms with van der Waals surface area (Å²) < 4.78 is 15.3. The number of aromatic nitrogens is 3. The summed E-state index contributed by atoms with van der Waals surface area (Å²) in [4.78, 5) is 8.65. The Balaban J connectivity index is 2.00. The van der Waals surface area contributed by atoms with Gasteiger partial charge in [-0.2, -0.15) is 5.10 Å². The lowest BCUT2D eigenvalue weighted by atomic mass is 9.98. The van der Waals surface area contributed by atoms with Crippen LogP contribution in [0.5, 0.6) is 0 Å². The Bertz CT molecular complexity index is 879. The van der Waals surface area contributed by atoms with Crippen LogP contribution in [0.25, 0.3) is 22.4 Å². The first-order valence-electron chi connectivity index (χ1n) is 7.52. The van der Waals surface area contributed by atoms with Gasteiger partial charge < -0.3 is 0 Å². The maximum absolute atomic E-state index is 13.3. The SMILES string of the molecule is CC1=NCCn2nc(-c3ccc(F)cc3)c(-c3ccncc3)c21. The molecule has 0 N–H and O–H groups in total. The summed E-state index contributed by atoms with van der Waals surface area (Å²) in [6, 6.07) is 10.4. The van der Waals surface area contributed by atoms with Gasteiger partial charge in [0.15, 0.2) is 0 Å². The molecule has 2 aromatic heterocycles. The first-order valence-corrected chi connectivity index (χ1v) is 7.52. The molecule has 0 saturated carbocycles. The van der Waals surface area contributed by atoms with Gasteiger partial charge in [0.2, 0.25) is 0 Å². The van der Waals surface area contributed by atoms with Gasteiger partial charge in [0, 0.05) is 23.5 Å². The summed E-state index contributed by atoms with van der Waals surface area (Å²) in [5.41, 5.74) is 5.82. The van der Waals surface area contributed by atoms with E-state index >= 15 is 0 Å². The van der Waals surface area contributed by atoms with Crippen LogP contribution in [-0.4, -0.2) is 27.0 Å². The highest BCUT2D eigenvalue weighted by Crippen LogP contribution is 2.35. The fourth-order valence-corrected chi connectivity index (χ4v) is 2.98. The number of fused-ring (bicyclic) bond motifs is 1. The van der Waals surface area contributed by atoms with Crippen LogP contribution in [0.15, 0.2) is 53.8 Å². The molecule has 0 radical (unpaired) electrons. The summed E-state index contributed by atoms with van der Waals surface area (Å²) in [6.07, 6.45) is 3.53. The molecule has 3 aromatic rings. The van der Waals surface area contributed by atoms with Crippen molar-refractivity contribution in [3.63, 3.8) is 0 Å². The van der Waals surface area contributed by atoms with E-state index in [2.05, 4.69) is 9.98 Å². The number of nitrogens with zero attached hydrogens (tertiary/aromatic N) is 4. The highest BCUT2D eigenvalue weighted by Gasteiger charge is 2.24. The molecule has 0 fully saturated rings. The van der Waals surface area contributed by atoms with E-state index in [1.165, 1.54) is 12.1 Å². The Hall–Kier alpha value is -2.82. The van der Waals surface area contributed by atoms with Crippen LogP contribution in [0.1, 0.15) is 12.6 Å². The maximum Gasteiger partial charge on any atom is 0.123 e. The van der Waals surface area contributed by atoms with E-state index in [1.54, 1.807) is 24.5 Å². The number of aliphatic imine (C=N–C) groups is 1. The fraction of sp³-hybridized carbons (Fsp3) is 0.167. The first kappa shape index (κ1) is 13.8. The normalized spacial score (nSPS) is 13.6. The molecule has 0 amide bonds. The quantitative estimate of drug-likeness (QED) is 0.726. The van der Waals surface area contributed by atoms with Crippen LogP contribution in [0.4, 0.5) is 4.39 Å². The van der Waals surface area contributed by atoms with Crippen molar-refractivity contribution in [1.82, 2.24) is 14.8 Å². The molecule has 0 saturated heterocycles. The lowest BCUT2D eigenvalue weighted by Crippen LogP contribution is -2.17. The van der Waals surface area contributed by atoms with Crippen molar-refractivity contribution in [2.24, 2.45) is 4.99 Å². The Kier molecular flexibility index (Phi) is 3.26. The van der Waals surface area contributed by atoms with E-state index in [-0.39, 0.29) is 5.82 Å². The van der Waals surface area contributed by atoms with Crippen molar-refractivity contribution in [2.45, 2.75) is 13.5 Å². The Morgan fingerprint density at radius 3 is 2.48 bits per heavy atom. The zero-order chi connectivity index (χ0) is 15.8. The summed E-state index contributed by atoms with van der Waals surface area (Å²) in [5, 5.41) is 4.77. The number of hydrogen-bond donors (Lipinski definition) is 0. The second kappa shape index (κ2) is 5.43. The molecule has 0 spiro atoms. The molecule has 114 valence electrons. The third-order valence-corrected chi connectivity index (χ3v) is 4.04. The summed E-state index contributed by atoms with van der Waals surface area (Å²) in [6.45, 7) is 3.50. The van der Waals surface area contributed by atoms with Crippen molar-refractivity contribution in [2.75, 3.05) is 6.54 Å². The van der Waals surface area contributed by atoms with Crippen LogP contribution in [0.2, 0.25) is 0 Å². The van der Waals surface area contributed by atoms with Gasteiger partial charge in [-0.05, 0) is 48.9 Å². The molecule has 0 unspecified atom stereocenters. The molecule has 23 heavy (non-hydrogen) atoms. The van der Waals surface area contributed by atoms with Crippen molar-refractivity contribution in [1.29, 1.82) is 0 Å². The molecule has 0 bridgehead atoms. The zero-order valence-electron chi connectivity index (χ0n) is 12.7. The average molecular weight is 306 g/mol. The smallest absolute Gasteiger partial charge is 0.123 e. The minimum Gasteiger partial charge on any atom is -0.286 e. The lowest BCUT2D eigenvalue weighted by Gasteiger charge is -2.13. The molecule has 0 atom stereocenters. The second-order valence-corrected chi connectivity index (χ2v) is 5.51. The zero-order valence-corrected chi connectivity index (χ0v) is 12.7. The summed E-state index contributed by atoms with van der Waals surface area (Å²) in [7, 11) is 0. The second-order valence-electron chi connectivity index (χ2n) is 5.51. The number of rotatable bonds is 2. The minimum absolute atomic E-state index is 0.249. The number of pyridine rings is 1. The van der Waals surface area contributed by atoms with E-state index in [9.17, 15) is 4.39 Å². The predicted molar refractivity (Wildman–Crippen MR) is 87.9 cm³/mol. The molecular formula is C18H15FN4. The van der Waals surface area contributed by atoms with Crippen molar-refractivity contribution < 1.29 is 4.39 Å². The summed E-state index contributed by atoms with van der Waals surface area (Å²) >= 11 is 0. The number of benzene rings is 1. The van der Waals surface area contributed by atoms with E-state index in [0.29, 0.717) is 0 Å². The minimum atomic E-state index is -0.249. The molecule has 1 aliphatic rings. The van der Waals surface area contributed by atoms with Gasteiger partial charge in [0.05, 0.1) is 24.5 Å². The van der Waals surface area contributed by atoms with Gasteiger partial charge in [-0.25, -0.2) is 4.39 Å². The van der Waals surface area contributed by atoms with Gasteiger partial charge in [0.1, 0.15) is 11.5 Å². The molecule has 1 aliphatic heterocycles. The standard InChI is InChI=1S/C18H15FN4/c1-12-18-16(13-6-8-20-9-7-13)17(22-23(18)11-10-21-12)14-2-4-15(19)5-3-14/h2-9H,10-11H2,1H3. The average Bonchev–Trinajstić information content (AvgIpc) is 2.97. The molecule has 0 aliphatic carbocycles. The molecule has 1 aromatic carbocycles. The number of hydrogen-bond acceptors (Lipinski definition) is 3. The third kappa shape index (κ3) is 2.34. The molecule has 3 heterocycles. The molecule has 5 heteroatoms. The van der Waals surface area contributed by atoms with Gasteiger partial charge in [-0.1, -0.05) is 0 Å². The maximum atomic E-state index is 13.3. The van der Waals surface area contributed by atoms with E-state index in [0.717, 1.165) is 46.9 Å². The van der Waals surface area contributed by atoms with Crippen molar-refractivity contribution >= 4 is 5.71 Å². The van der Waals surface area contributed by atoms with Crippen LogP contribution in [0.3, 0.4) is 0 Å².